The summed E-state index contributed by atoms with van der Waals surface area (Å²) >= 11 is 0. The van der Waals surface area contributed by atoms with Crippen LogP contribution in [0.25, 0.3) is 22.4 Å². The van der Waals surface area contributed by atoms with Gasteiger partial charge in [0.15, 0.2) is 0 Å². The van der Waals surface area contributed by atoms with Crippen molar-refractivity contribution in [1.82, 2.24) is 19.7 Å². The predicted octanol–water partition coefficient (Wildman–Crippen LogP) is 4.06. The van der Waals surface area contributed by atoms with Gasteiger partial charge >= 0.3 is 0 Å². The van der Waals surface area contributed by atoms with E-state index >= 15 is 0 Å². The minimum Gasteiger partial charge on any atom is -0.268 e. The van der Waals surface area contributed by atoms with Gasteiger partial charge in [-0.05, 0) is 23.3 Å². The lowest BCUT2D eigenvalue weighted by Gasteiger charge is -2.04. The second kappa shape index (κ2) is 6.46. The summed E-state index contributed by atoms with van der Waals surface area (Å²) in [5, 5.41) is 4.70. The zero-order chi connectivity index (χ0) is 16.2. The van der Waals surface area contributed by atoms with Crippen molar-refractivity contribution in [3.05, 3.63) is 91.1 Å². The van der Waals surface area contributed by atoms with Gasteiger partial charge in [-0.1, -0.05) is 48.5 Å². The highest BCUT2D eigenvalue weighted by molar-refractivity contribution is 5.70. The fraction of sp³-hybridized carbons (Fsp3) is 0.0500. The summed E-state index contributed by atoms with van der Waals surface area (Å²) in [7, 11) is 0. The van der Waals surface area contributed by atoms with Crippen LogP contribution in [0.3, 0.4) is 0 Å². The molecule has 0 unspecified atom stereocenters. The Morgan fingerprint density at radius 3 is 2.38 bits per heavy atom. The van der Waals surface area contributed by atoms with Gasteiger partial charge in [-0.25, -0.2) is 9.97 Å². The van der Waals surface area contributed by atoms with Gasteiger partial charge < -0.3 is 0 Å². The van der Waals surface area contributed by atoms with Crippen molar-refractivity contribution >= 4 is 0 Å². The zero-order valence-electron chi connectivity index (χ0n) is 13.1. The van der Waals surface area contributed by atoms with E-state index in [0.29, 0.717) is 0 Å². The third kappa shape index (κ3) is 3.08. The molecular weight excluding hydrogens is 296 g/mol. The number of aromatic nitrogens is 4. The van der Waals surface area contributed by atoms with Crippen molar-refractivity contribution in [1.29, 1.82) is 0 Å². The van der Waals surface area contributed by atoms with Gasteiger partial charge in [-0.2, -0.15) is 5.10 Å². The first-order valence-electron chi connectivity index (χ1n) is 7.82. The average Bonchev–Trinajstić information content (AvgIpc) is 3.12. The number of hydrogen-bond acceptors (Lipinski definition) is 3. The van der Waals surface area contributed by atoms with E-state index in [0.717, 1.165) is 28.9 Å². The Labute approximate surface area is 140 Å². The maximum absolute atomic E-state index is 4.70. The SMILES string of the molecule is c1ccc(Cn2ccc(-c3cccc(-c4cncnc4)c3)n2)cc1. The van der Waals surface area contributed by atoms with E-state index in [1.807, 2.05) is 53.6 Å². The van der Waals surface area contributed by atoms with Gasteiger partial charge in [0.25, 0.3) is 0 Å². The molecule has 4 nitrogen and oxygen atoms in total. The second-order valence-electron chi connectivity index (χ2n) is 5.59. The highest BCUT2D eigenvalue weighted by atomic mass is 15.3. The van der Waals surface area contributed by atoms with Crippen LogP contribution in [0.15, 0.2) is 85.6 Å². The van der Waals surface area contributed by atoms with Crippen molar-refractivity contribution in [2.75, 3.05) is 0 Å². The van der Waals surface area contributed by atoms with E-state index in [9.17, 15) is 0 Å². The normalized spacial score (nSPS) is 10.7. The molecule has 0 bridgehead atoms. The minimum atomic E-state index is 0.771. The molecule has 0 atom stereocenters. The summed E-state index contributed by atoms with van der Waals surface area (Å²) in [6, 6.07) is 20.7. The summed E-state index contributed by atoms with van der Waals surface area (Å²) in [6.07, 6.45) is 7.19. The molecule has 4 heteroatoms. The molecule has 0 saturated carbocycles. The molecule has 0 amide bonds. The van der Waals surface area contributed by atoms with Gasteiger partial charge in [-0.15, -0.1) is 0 Å². The zero-order valence-corrected chi connectivity index (χ0v) is 13.1. The van der Waals surface area contributed by atoms with Crippen LogP contribution in [-0.4, -0.2) is 19.7 Å². The number of nitrogens with zero attached hydrogens (tertiary/aromatic N) is 4. The number of benzene rings is 2. The fourth-order valence-corrected chi connectivity index (χ4v) is 2.68. The van der Waals surface area contributed by atoms with Crippen LogP contribution in [-0.2, 0) is 6.54 Å². The molecule has 0 aliphatic rings. The highest BCUT2D eigenvalue weighted by Crippen LogP contribution is 2.24. The summed E-state index contributed by atoms with van der Waals surface area (Å²) < 4.78 is 1.96. The molecule has 2 heterocycles. The number of rotatable bonds is 4. The maximum Gasteiger partial charge on any atom is 0.115 e. The van der Waals surface area contributed by atoms with Gasteiger partial charge in [0.2, 0.25) is 0 Å². The first-order chi connectivity index (χ1) is 11.9. The van der Waals surface area contributed by atoms with Crippen LogP contribution in [0.4, 0.5) is 0 Å². The van der Waals surface area contributed by atoms with Crippen molar-refractivity contribution in [2.24, 2.45) is 0 Å². The van der Waals surface area contributed by atoms with Crippen molar-refractivity contribution in [3.63, 3.8) is 0 Å². The monoisotopic (exact) mass is 312 g/mol. The maximum atomic E-state index is 4.70. The third-order valence-electron chi connectivity index (χ3n) is 3.88. The van der Waals surface area contributed by atoms with E-state index in [4.69, 9.17) is 5.10 Å². The summed E-state index contributed by atoms with van der Waals surface area (Å²) in [5.41, 5.74) is 5.38. The molecule has 4 aromatic rings. The Morgan fingerprint density at radius 1 is 0.750 bits per heavy atom. The molecule has 0 radical (unpaired) electrons. The van der Waals surface area contributed by atoms with Gasteiger partial charge in [-0.3, -0.25) is 4.68 Å². The molecule has 0 saturated heterocycles. The molecule has 116 valence electrons. The Morgan fingerprint density at radius 2 is 1.54 bits per heavy atom. The largest absolute Gasteiger partial charge is 0.268 e. The molecule has 0 N–H and O–H groups in total. The molecule has 4 rings (SSSR count). The predicted molar refractivity (Wildman–Crippen MR) is 94.2 cm³/mol. The Balaban J connectivity index is 1.61. The highest BCUT2D eigenvalue weighted by Gasteiger charge is 2.05. The van der Waals surface area contributed by atoms with E-state index in [1.54, 1.807) is 6.33 Å². The molecule has 0 fully saturated rings. The van der Waals surface area contributed by atoms with Gasteiger partial charge in [0.1, 0.15) is 6.33 Å². The van der Waals surface area contributed by atoms with Crippen LogP contribution in [0, 0.1) is 0 Å². The van der Waals surface area contributed by atoms with Gasteiger partial charge in [0.05, 0.1) is 12.2 Å². The molecular formula is C20H16N4. The van der Waals surface area contributed by atoms with Crippen LogP contribution in [0.5, 0.6) is 0 Å². The Bertz CT molecular complexity index is 930. The number of hydrogen-bond donors (Lipinski definition) is 0. The van der Waals surface area contributed by atoms with Crippen LogP contribution >= 0.6 is 0 Å². The third-order valence-corrected chi connectivity index (χ3v) is 3.88. The quantitative estimate of drug-likeness (QED) is 0.571. The van der Waals surface area contributed by atoms with Crippen LogP contribution < -0.4 is 0 Å². The Kier molecular flexibility index (Phi) is 3.86. The Hall–Kier alpha value is -3.27. The lowest BCUT2D eigenvalue weighted by molar-refractivity contribution is 0.689. The fourth-order valence-electron chi connectivity index (χ4n) is 2.68. The molecule has 0 spiro atoms. The smallest absolute Gasteiger partial charge is 0.115 e. The van der Waals surface area contributed by atoms with Crippen LogP contribution in [0.1, 0.15) is 5.56 Å². The summed E-state index contributed by atoms with van der Waals surface area (Å²) in [6.45, 7) is 0.771. The van der Waals surface area contributed by atoms with Crippen molar-refractivity contribution in [2.45, 2.75) is 6.54 Å². The summed E-state index contributed by atoms with van der Waals surface area (Å²) in [4.78, 5) is 8.17. The second-order valence-corrected chi connectivity index (χ2v) is 5.59. The van der Waals surface area contributed by atoms with E-state index in [2.05, 4.69) is 40.3 Å². The first-order valence-corrected chi connectivity index (χ1v) is 7.82. The van der Waals surface area contributed by atoms with Crippen molar-refractivity contribution in [3.8, 4) is 22.4 Å². The van der Waals surface area contributed by atoms with E-state index < -0.39 is 0 Å². The molecule has 0 aliphatic carbocycles. The average molecular weight is 312 g/mol. The minimum absolute atomic E-state index is 0.771. The summed E-state index contributed by atoms with van der Waals surface area (Å²) in [5.74, 6) is 0. The topological polar surface area (TPSA) is 43.6 Å². The van der Waals surface area contributed by atoms with Crippen LogP contribution in [0.2, 0.25) is 0 Å². The van der Waals surface area contributed by atoms with E-state index in [1.165, 1.54) is 5.56 Å². The van der Waals surface area contributed by atoms with Gasteiger partial charge in [0, 0.05) is 29.7 Å². The first kappa shape index (κ1) is 14.3. The lowest BCUT2D eigenvalue weighted by Crippen LogP contribution is -2.00. The molecule has 2 aromatic carbocycles. The molecule has 2 aromatic heterocycles. The van der Waals surface area contributed by atoms with Crippen molar-refractivity contribution < 1.29 is 0 Å². The lowest BCUT2D eigenvalue weighted by atomic mass is 10.0. The standard InChI is InChI=1S/C20H16N4/c1-2-5-16(6-3-1)14-24-10-9-20(23-24)18-8-4-7-17(11-18)19-12-21-15-22-13-19/h1-13,15H,14H2. The molecule has 0 aliphatic heterocycles. The van der Waals surface area contributed by atoms with E-state index in [-0.39, 0.29) is 0 Å². The molecule has 24 heavy (non-hydrogen) atoms.